The first kappa shape index (κ1) is 11.0. The van der Waals surface area contributed by atoms with E-state index in [-0.39, 0.29) is 6.10 Å². The molecule has 1 fully saturated rings. The summed E-state index contributed by atoms with van der Waals surface area (Å²) in [7, 11) is 0. The van der Waals surface area contributed by atoms with Gasteiger partial charge in [-0.2, -0.15) is 0 Å². The Balaban J connectivity index is 2.44. The molecule has 1 aliphatic rings. The van der Waals surface area contributed by atoms with Gasteiger partial charge in [0.1, 0.15) is 0 Å². The van der Waals surface area contributed by atoms with Crippen LogP contribution < -0.4 is 0 Å². The third kappa shape index (κ3) is 3.30. The summed E-state index contributed by atoms with van der Waals surface area (Å²) >= 11 is 0. The zero-order valence-corrected chi connectivity index (χ0v) is 9.29. The minimum absolute atomic E-state index is 0.00782. The molecular formula is C12H24O. The van der Waals surface area contributed by atoms with Gasteiger partial charge in [-0.05, 0) is 43.4 Å². The van der Waals surface area contributed by atoms with Crippen molar-refractivity contribution in [3.63, 3.8) is 0 Å². The van der Waals surface area contributed by atoms with Crippen LogP contribution in [-0.2, 0) is 0 Å². The Bertz CT molecular complexity index is 140. The molecule has 2 unspecified atom stereocenters. The van der Waals surface area contributed by atoms with Crippen molar-refractivity contribution >= 4 is 0 Å². The standard InChI is InChI=1S/C12H24O/c1-4-10-5-6-12(13)8-11(10)7-9(2)3/h9-13H,4-8H2,1-3H3/t10-,11?,12?/m0/s1. The van der Waals surface area contributed by atoms with E-state index in [2.05, 4.69) is 20.8 Å². The van der Waals surface area contributed by atoms with E-state index in [0.29, 0.717) is 0 Å². The van der Waals surface area contributed by atoms with Gasteiger partial charge in [0.25, 0.3) is 0 Å². The molecule has 3 atom stereocenters. The normalized spacial score (nSPS) is 35.3. The van der Waals surface area contributed by atoms with Crippen molar-refractivity contribution in [1.29, 1.82) is 0 Å². The van der Waals surface area contributed by atoms with Crippen molar-refractivity contribution < 1.29 is 5.11 Å². The summed E-state index contributed by atoms with van der Waals surface area (Å²) in [5.74, 6) is 2.45. The third-order valence-electron chi connectivity index (χ3n) is 3.41. The highest BCUT2D eigenvalue weighted by Gasteiger charge is 2.28. The molecule has 1 heteroatoms. The molecule has 0 amide bonds. The highest BCUT2D eigenvalue weighted by atomic mass is 16.3. The van der Waals surface area contributed by atoms with Crippen molar-refractivity contribution in [2.45, 2.75) is 59.0 Å². The first-order chi connectivity index (χ1) is 6.13. The SMILES string of the molecule is CC[C@H]1CCC(O)CC1CC(C)C. The van der Waals surface area contributed by atoms with Crippen molar-refractivity contribution in [1.82, 2.24) is 0 Å². The summed E-state index contributed by atoms with van der Waals surface area (Å²) in [5.41, 5.74) is 0. The van der Waals surface area contributed by atoms with Crippen LogP contribution in [0.3, 0.4) is 0 Å². The average molecular weight is 184 g/mol. The van der Waals surface area contributed by atoms with Gasteiger partial charge < -0.3 is 5.11 Å². The van der Waals surface area contributed by atoms with Crippen molar-refractivity contribution in [3.8, 4) is 0 Å². The van der Waals surface area contributed by atoms with Gasteiger partial charge in [-0.25, -0.2) is 0 Å². The second-order valence-corrected chi connectivity index (χ2v) is 5.02. The minimum atomic E-state index is -0.00782. The second kappa shape index (κ2) is 4.99. The quantitative estimate of drug-likeness (QED) is 0.714. The van der Waals surface area contributed by atoms with Gasteiger partial charge in [0.15, 0.2) is 0 Å². The van der Waals surface area contributed by atoms with Gasteiger partial charge in [0, 0.05) is 0 Å². The Morgan fingerprint density at radius 1 is 1.23 bits per heavy atom. The highest BCUT2D eigenvalue weighted by Crippen LogP contribution is 2.36. The fourth-order valence-corrected chi connectivity index (χ4v) is 2.73. The smallest absolute Gasteiger partial charge is 0.0543 e. The van der Waals surface area contributed by atoms with Crippen LogP contribution in [0.4, 0.5) is 0 Å². The molecule has 0 aliphatic heterocycles. The Morgan fingerprint density at radius 2 is 1.92 bits per heavy atom. The van der Waals surface area contributed by atoms with E-state index in [1.807, 2.05) is 0 Å². The summed E-state index contributed by atoms with van der Waals surface area (Å²) in [6.45, 7) is 6.86. The fraction of sp³-hybridized carbons (Fsp3) is 1.00. The molecule has 0 aromatic carbocycles. The lowest BCUT2D eigenvalue weighted by molar-refractivity contribution is 0.0586. The Hall–Kier alpha value is -0.0400. The molecule has 13 heavy (non-hydrogen) atoms. The van der Waals surface area contributed by atoms with E-state index in [9.17, 15) is 5.11 Å². The molecular weight excluding hydrogens is 160 g/mol. The zero-order chi connectivity index (χ0) is 9.84. The number of hydrogen-bond acceptors (Lipinski definition) is 1. The van der Waals surface area contributed by atoms with Gasteiger partial charge in [0.2, 0.25) is 0 Å². The van der Waals surface area contributed by atoms with E-state index in [1.165, 1.54) is 19.3 Å². The topological polar surface area (TPSA) is 20.2 Å². The molecule has 0 radical (unpaired) electrons. The van der Waals surface area contributed by atoms with Gasteiger partial charge in [0.05, 0.1) is 6.10 Å². The van der Waals surface area contributed by atoms with Crippen LogP contribution in [0.1, 0.15) is 52.9 Å². The zero-order valence-electron chi connectivity index (χ0n) is 9.29. The van der Waals surface area contributed by atoms with Crippen LogP contribution in [-0.4, -0.2) is 11.2 Å². The van der Waals surface area contributed by atoms with Gasteiger partial charge in [-0.15, -0.1) is 0 Å². The molecule has 0 aromatic rings. The Morgan fingerprint density at radius 3 is 2.46 bits per heavy atom. The number of aliphatic hydroxyl groups is 1. The molecule has 78 valence electrons. The van der Waals surface area contributed by atoms with Crippen LogP contribution >= 0.6 is 0 Å². The minimum Gasteiger partial charge on any atom is -0.393 e. The summed E-state index contributed by atoms with van der Waals surface area (Å²) < 4.78 is 0. The van der Waals surface area contributed by atoms with Crippen LogP contribution in [0.25, 0.3) is 0 Å². The monoisotopic (exact) mass is 184 g/mol. The molecule has 1 aliphatic carbocycles. The second-order valence-electron chi connectivity index (χ2n) is 5.02. The van der Waals surface area contributed by atoms with Crippen LogP contribution in [0, 0.1) is 17.8 Å². The average Bonchev–Trinajstić information content (AvgIpc) is 2.03. The molecule has 1 nitrogen and oxygen atoms in total. The maximum absolute atomic E-state index is 9.61. The molecule has 0 heterocycles. The van der Waals surface area contributed by atoms with E-state index in [0.717, 1.165) is 30.6 Å². The van der Waals surface area contributed by atoms with E-state index < -0.39 is 0 Å². The number of aliphatic hydroxyl groups excluding tert-OH is 1. The van der Waals surface area contributed by atoms with E-state index in [4.69, 9.17) is 0 Å². The summed E-state index contributed by atoms with van der Waals surface area (Å²) in [6, 6.07) is 0. The first-order valence-electron chi connectivity index (χ1n) is 5.81. The highest BCUT2D eigenvalue weighted by molar-refractivity contribution is 4.79. The summed E-state index contributed by atoms with van der Waals surface area (Å²) in [4.78, 5) is 0. The summed E-state index contributed by atoms with van der Waals surface area (Å²) in [5, 5.41) is 9.61. The maximum Gasteiger partial charge on any atom is 0.0543 e. The number of hydrogen-bond donors (Lipinski definition) is 1. The molecule has 0 bridgehead atoms. The lowest BCUT2D eigenvalue weighted by Gasteiger charge is -2.34. The van der Waals surface area contributed by atoms with Crippen LogP contribution in [0.5, 0.6) is 0 Å². The van der Waals surface area contributed by atoms with Gasteiger partial charge in [-0.1, -0.05) is 27.2 Å². The molecule has 0 aromatic heterocycles. The lowest BCUT2D eigenvalue weighted by Crippen LogP contribution is -2.28. The fourth-order valence-electron chi connectivity index (χ4n) is 2.73. The first-order valence-corrected chi connectivity index (χ1v) is 5.81. The van der Waals surface area contributed by atoms with Crippen LogP contribution in [0.2, 0.25) is 0 Å². The predicted molar refractivity (Wildman–Crippen MR) is 56.6 cm³/mol. The maximum atomic E-state index is 9.61. The van der Waals surface area contributed by atoms with Gasteiger partial charge >= 0.3 is 0 Å². The third-order valence-corrected chi connectivity index (χ3v) is 3.41. The molecule has 0 spiro atoms. The molecule has 1 saturated carbocycles. The van der Waals surface area contributed by atoms with Crippen molar-refractivity contribution in [2.24, 2.45) is 17.8 Å². The van der Waals surface area contributed by atoms with Crippen molar-refractivity contribution in [3.05, 3.63) is 0 Å². The predicted octanol–water partition coefficient (Wildman–Crippen LogP) is 3.22. The lowest BCUT2D eigenvalue weighted by atomic mass is 9.73. The molecule has 1 rings (SSSR count). The molecule has 0 saturated heterocycles. The summed E-state index contributed by atoms with van der Waals surface area (Å²) in [6.07, 6.45) is 5.92. The number of rotatable bonds is 3. The van der Waals surface area contributed by atoms with Gasteiger partial charge in [-0.3, -0.25) is 0 Å². The van der Waals surface area contributed by atoms with E-state index >= 15 is 0 Å². The molecule has 1 N–H and O–H groups in total. The largest absolute Gasteiger partial charge is 0.393 e. The Labute approximate surface area is 82.5 Å². The van der Waals surface area contributed by atoms with Crippen molar-refractivity contribution in [2.75, 3.05) is 0 Å². The van der Waals surface area contributed by atoms with Crippen LogP contribution in [0.15, 0.2) is 0 Å². The Kier molecular flexibility index (Phi) is 4.24. The van der Waals surface area contributed by atoms with E-state index in [1.54, 1.807) is 0 Å².